The van der Waals surface area contributed by atoms with Crippen molar-refractivity contribution in [1.29, 1.82) is 0 Å². The Morgan fingerprint density at radius 1 is 1.18 bits per heavy atom. The van der Waals surface area contributed by atoms with Crippen molar-refractivity contribution in [3.63, 3.8) is 0 Å². The number of benzene rings is 1. The molecule has 1 fully saturated rings. The molecule has 1 aliphatic rings. The van der Waals surface area contributed by atoms with Crippen molar-refractivity contribution >= 4 is 0 Å². The predicted octanol–water partition coefficient (Wildman–Crippen LogP) is 2.63. The highest BCUT2D eigenvalue weighted by molar-refractivity contribution is 5.33. The normalized spacial score (nSPS) is 18.8. The van der Waals surface area contributed by atoms with E-state index in [0.717, 1.165) is 19.6 Å². The quantitative estimate of drug-likeness (QED) is 0.871. The lowest BCUT2D eigenvalue weighted by molar-refractivity contribution is -0.0701. The largest absolute Gasteiger partial charge is 0.396 e. The highest BCUT2D eigenvalue weighted by atomic mass is 16.5. The Labute approximate surface area is 104 Å². The van der Waals surface area contributed by atoms with E-state index in [1.165, 1.54) is 11.1 Å². The second-order valence-corrected chi connectivity index (χ2v) is 6.07. The molecule has 0 amide bonds. The van der Waals surface area contributed by atoms with E-state index in [4.69, 9.17) is 9.84 Å². The molecule has 1 N–H and O–H groups in total. The third kappa shape index (κ3) is 2.38. The molecule has 0 aliphatic carbocycles. The third-order valence-corrected chi connectivity index (χ3v) is 3.71. The van der Waals surface area contributed by atoms with Crippen LogP contribution in [-0.4, -0.2) is 24.9 Å². The zero-order chi connectivity index (χ0) is 12.5. The maximum Gasteiger partial charge on any atom is 0.0586 e. The van der Waals surface area contributed by atoms with Crippen LogP contribution in [0.15, 0.2) is 24.3 Å². The lowest BCUT2D eigenvalue weighted by atomic mass is 9.75. The lowest BCUT2D eigenvalue weighted by Crippen LogP contribution is -2.47. The van der Waals surface area contributed by atoms with Crippen LogP contribution in [0.2, 0.25) is 0 Å². The SMILES string of the molecule is CC(C)(C)c1ccc(C2(CCO)COC2)cc1. The molecule has 1 heterocycles. The molecule has 94 valence electrons. The highest BCUT2D eigenvalue weighted by Gasteiger charge is 2.39. The zero-order valence-electron chi connectivity index (χ0n) is 11.0. The smallest absolute Gasteiger partial charge is 0.0586 e. The van der Waals surface area contributed by atoms with Gasteiger partial charge in [0, 0.05) is 12.0 Å². The zero-order valence-corrected chi connectivity index (χ0v) is 11.0. The van der Waals surface area contributed by atoms with E-state index in [2.05, 4.69) is 45.0 Å². The lowest BCUT2D eigenvalue weighted by Gasteiger charge is -2.42. The number of aliphatic hydroxyl groups is 1. The van der Waals surface area contributed by atoms with E-state index in [1.54, 1.807) is 0 Å². The van der Waals surface area contributed by atoms with Gasteiger partial charge in [0.1, 0.15) is 0 Å². The van der Waals surface area contributed by atoms with Crippen molar-refractivity contribution in [2.75, 3.05) is 19.8 Å². The van der Waals surface area contributed by atoms with Crippen LogP contribution in [-0.2, 0) is 15.6 Å². The van der Waals surface area contributed by atoms with E-state index in [0.29, 0.717) is 0 Å². The molecule has 2 nitrogen and oxygen atoms in total. The number of rotatable bonds is 3. The van der Waals surface area contributed by atoms with E-state index in [1.807, 2.05) is 0 Å². The summed E-state index contributed by atoms with van der Waals surface area (Å²) >= 11 is 0. The molecule has 0 bridgehead atoms. The van der Waals surface area contributed by atoms with Crippen LogP contribution in [0.4, 0.5) is 0 Å². The summed E-state index contributed by atoms with van der Waals surface area (Å²) in [4.78, 5) is 0. The molecule has 0 unspecified atom stereocenters. The van der Waals surface area contributed by atoms with Gasteiger partial charge in [-0.15, -0.1) is 0 Å². The van der Waals surface area contributed by atoms with Crippen LogP contribution in [0.5, 0.6) is 0 Å². The fraction of sp³-hybridized carbons (Fsp3) is 0.600. The summed E-state index contributed by atoms with van der Waals surface area (Å²) in [6.07, 6.45) is 0.794. The summed E-state index contributed by atoms with van der Waals surface area (Å²) in [7, 11) is 0. The van der Waals surface area contributed by atoms with Gasteiger partial charge >= 0.3 is 0 Å². The number of hydrogen-bond donors (Lipinski definition) is 1. The summed E-state index contributed by atoms with van der Waals surface area (Å²) < 4.78 is 5.33. The standard InChI is InChI=1S/C15H22O2/c1-14(2,3)12-4-6-13(7-5-12)15(8-9-16)10-17-11-15/h4-7,16H,8-11H2,1-3H3. The first kappa shape index (κ1) is 12.6. The molecule has 17 heavy (non-hydrogen) atoms. The van der Waals surface area contributed by atoms with Crippen LogP contribution < -0.4 is 0 Å². The number of aliphatic hydroxyl groups excluding tert-OH is 1. The molecule has 0 aromatic heterocycles. The van der Waals surface area contributed by atoms with Crippen LogP contribution in [0, 0.1) is 0 Å². The third-order valence-electron chi connectivity index (χ3n) is 3.71. The minimum atomic E-state index is 0.0607. The van der Waals surface area contributed by atoms with Gasteiger partial charge in [0.25, 0.3) is 0 Å². The van der Waals surface area contributed by atoms with Crippen molar-refractivity contribution in [2.24, 2.45) is 0 Å². The maximum absolute atomic E-state index is 9.16. The second kappa shape index (κ2) is 4.43. The molecule has 1 saturated heterocycles. The summed E-state index contributed by atoms with van der Waals surface area (Å²) in [5.41, 5.74) is 2.90. The maximum atomic E-state index is 9.16. The van der Waals surface area contributed by atoms with Crippen molar-refractivity contribution in [2.45, 2.75) is 38.0 Å². The van der Waals surface area contributed by atoms with Crippen molar-refractivity contribution in [1.82, 2.24) is 0 Å². The van der Waals surface area contributed by atoms with Crippen LogP contribution in [0.25, 0.3) is 0 Å². The Kier molecular flexibility index (Phi) is 3.28. The van der Waals surface area contributed by atoms with E-state index >= 15 is 0 Å². The number of ether oxygens (including phenoxy) is 1. The molecule has 0 spiro atoms. The van der Waals surface area contributed by atoms with Gasteiger partial charge < -0.3 is 9.84 Å². The van der Waals surface area contributed by atoms with Gasteiger partial charge in [0.05, 0.1) is 13.2 Å². The summed E-state index contributed by atoms with van der Waals surface area (Å²) in [6.45, 7) is 8.36. The average molecular weight is 234 g/mol. The van der Waals surface area contributed by atoms with Crippen molar-refractivity contribution in [3.8, 4) is 0 Å². The fourth-order valence-corrected chi connectivity index (χ4v) is 2.34. The Balaban J connectivity index is 2.23. The van der Waals surface area contributed by atoms with Gasteiger partial charge in [-0.2, -0.15) is 0 Å². The molecule has 0 atom stereocenters. The van der Waals surface area contributed by atoms with E-state index in [9.17, 15) is 0 Å². The van der Waals surface area contributed by atoms with Gasteiger partial charge in [-0.1, -0.05) is 45.0 Å². The first-order chi connectivity index (χ1) is 7.98. The van der Waals surface area contributed by atoms with Crippen molar-refractivity contribution < 1.29 is 9.84 Å². The summed E-state index contributed by atoms with van der Waals surface area (Å²) in [5, 5.41) is 9.16. The van der Waals surface area contributed by atoms with E-state index < -0.39 is 0 Å². The molecule has 2 heteroatoms. The second-order valence-electron chi connectivity index (χ2n) is 6.07. The van der Waals surface area contributed by atoms with Gasteiger partial charge in [-0.25, -0.2) is 0 Å². The van der Waals surface area contributed by atoms with Gasteiger partial charge in [0.15, 0.2) is 0 Å². The highest BCUT2D eigenvalue weighted by Crippen LogP contribution is 2.36. The van der Waals surface area contributed by atoms with Gasteiger partial charge in [-0.3, -0.25) is 0 Å². The molecule has 1 aliphatic heterocycles. The van der Waals surface area contributed by atoms with Crippen LogP contribution in [0.3, 0.4) is 0 Å². The Morgan fingerprint density at radius 3 is 2.12 bits per heavy atom. The number of hydrogen-bond acceptors (Lipinski definition) is 2. The molecule has 0 radical (unpaired) electrons. The van der Waals surface area contributed by atoms with Crippen LogP contribution in [0.1, 0.15) is 38.3 Å². The minimum absolute atomic E-state index is 0.0607. The molecular weight excluding hydrogens is 212 g/mol. The minimum Gasteiger partial charge on any atom is -0.396 e. The summed E-state index contributed by atoms with van der Waals surface area (Å²) in [5.74, 6) is 0. The van der Waals surface area contributed by atoms with Crippen molar-refractivity contribution in [3.05, 3.63) is 35.4 Å². The first-order valence-electron chi connectivity index (χ1n) is 6.28. The van der Waals surface area contributed by atoms with Gasteiger partial charge in [-0.05, 0) is 23.0 Å². The Bertz CT molecular complexity index is 369. The van der Waals surface area contributed by atoms with Gasteiger partial charge in [0.2, 0.25) is 0 Å². The molecule has 1 aromatic rings. The summed E-state index contributed by atoms with van der Waals surface area (Å²) in [6, 6.07) is 8.79. The first-order valence-corrected chi connectivity index (χ1v) is 6.28. The fourth-order valence-electron chi connectivity index (χ4n) is 2.34. The Morgan fingerprint density at radius 2 is 1.76 bits per heavy atom. The average Bonchev–Trinajstić information content (AvgIpc) is 2.22. The molecular formula is C15H22O2. The molecule has 0 saturated carbocycles. The predicted molar refractivity (Wildman–Crippen MR) is 69.3 cm³/mol. The topological polar surface area (TPSA) is 29.5 Å². The van der Waals surface area contributed by atoms with Crippen LogP contribution >= 0.6 is 0 Å². The molecule has 1 aromatic carbocycles. The monoisotopic (exact) mass is 234 g/mol. The molecule has 2 rings (SSSR count). The Hall–Kier alpha value is -0.860. The van der Waals surface area contributed by atoms with E-state index in [-0.39, 0.29) is 17.4 Å².